The number of thioether (sulfide) groups is 1. The molecule has 0 spiro atoms. The molecule has 0 unspecified atom stereocenters. The first-order chi connectivity index (χ1) is 11.0. The third kappa shape index (κ3) is 4.84. The minimum absolute atomic E-state index is 0.0438. The average molecular weight is 341 g/mol. The molecule has 0 saturated carbocycles. The topological polar surface area (TPSA) is 72.3 Å². The molecule has 2 rings (SSSR count). The second-order valence-corrected chi connectivity index (χ2v) is 7.33. The summed E-state index contributed by atoms with van der Waals surface area (Å²) in [6.45, 7) is 12.7. The Kier molecular flexibility index (Phi) is 6.71. The lowest BCUT2D eigenvalue weighted by molar-refractivity contribution is -0.120. The number of nitrogens with zero attached hydrogens (tertiary/aromatic N) is 4. The lowest BCUT2D eigenvalue weighted by atomic mass is 10.2. The van der Waals surface area contributed by atoms with Gasteiger partial charge in [-0.05, 0) is 19.8 Å². The fourth-order valence-electron chi connectivity index (χ4n) is 2.30. The van der Waals surface area contributed by atoms with Crippen LogP contribution in [0.3, 0.4) is 0 Å². The molecule has 2 heterocycles. The molecule has 1 atom stereocenters. The van der Waals surface area contributed by atoms with E-state index in [0.717, 1.165) is 30.7 Å². The molecule has 7 nitrogen and oxygen atoms in total. The van der Waals surface area contributed by atoms with Gasteiger partial charge >= 0.3 is 0 Å². The molecule has 130 valence electrons. The molecule has 23 heavy (non-hydrogen) atoms. The van der Waals surface area contributed by atoms with E-state index in [2.05, 4.69) is 45.8 Å². The summed E-state index contributed by atoms with van der Waals surface area (Å²) in [7, 11) is 0. The summed E-state index contributed by atoms with van der Waals surface area (Å²) in [5.74, 6) is 1.36. The van der Waals surface area contributed by atoms with Gasteiger partial charge in [0.05, 0.1) is 18.5 Å². The second-order valence-electron chi connectivity index (χ2n) is 6.03. The summed E-state index contributed by atoms with van der Waals surface area (Å²) in [5, 5.41) is 12.2. The van der Waals surface area contributed by atoms with Crippen molar-refractivity contribution in [2.24, 2.45) is 5.92 Å². The third-order valence-electron chi connectivity index (χ3n) is 3.64. The summed E-state index contributed by atoms with van der Waals surface area (Å²) >= 11 is 1.46. The molecule has 1 aromatic heterocycles. The van der Waals surface area contributed by atoms with Crippen molar-refractivity contribution in [3.05, 3.63) is 0 Å². The van der Waals surface area contributed by atoms with E-state index in [1.807, 2.05) is 6.92 Å². The molecule has 8 heteroatoms. The molecule has 1 aliphatic rings. The van der Waals surface area contributed by atoms with E-state index in [1.165, 1.54) is 11.8 Å². The van der Waals surface area contributed by atoms with Crippen molar-refractivity contribution in [3.63, 3.8) is 0 Å². The van der Waals surface area contributed by atoms with Crippen LogP contribution >= 0.6 is 11.8 Å². The van der Waals surface area contributed by atoms with E-state index in [9.17, 15) is 4.79 Å². The Hall–Kier alpha value is -1.28. The molecule has 1 N–H and O–H groups in total. The fraction of sp³-hybridized carbons (Fsp3) is 0.800. The highest BCUT2D eigenvalue weighted by Crippen LogP contribution is 2.26. The molecular formula is C15H27N5O2S. The molecule has 1 amide bonds. The molecular weight excluding hydrogens is 314 g/mol. The Morgan fingerprint density at radius 1 is 1.30 bits per heavy atom. The van der Waals surface area contributed by atoms with Crippen LogP contribution in [0.5, 0.6) is 0 Å². The number of aromatic nitrogens is 3. The summed E-state index contributed by atoms with van der Waals surface area (Å²) in [4.78, 5) is 14.3. The standard InChI is InChI=1S/C15H27N5O2S/c1-5-20-14(19-6-8-22-9-7-19)17-18-15(20)23-12(4)13(21)16-10-11(2)3/h11-12H,5-10H2,1-4H3,(H,16,21)/t12-/m1/s1. The number of carbonyl (C=O) groups excluding carboxylic acids is 1. The Balaban J connectivity index is 2.02. The number of rotatable bonds is 7. The quantitative estimate of drug-likeness (QED) is 0.756. The monoisotopic (exact) mass is 341 g/mol. The summed E-state index contributed by atoms with van der Waals surface area (Å²) in [6.07, 6.45) is 0. The smallest absolute Gasteiger partial charge is 0.233 e. The number of hydrogen-bond acceptors (Lipinski definition) is 6. The van der Waals surface area contributed by atoms with Gasteiger partial charge < -0.3 is 15.0 Å². The van der Waals surface area contributed by atoms with Gasteiger partial charge in [-0.15, -0.1) is 10.2 Å². The van der Waals surface area contributed by atoms with E-state index >= 15 is 0 Å². The van der Waals surface area contributed by atoms with Gasteiger partial charge in [0.1, 0.15) is 0 Å². The summed E-state index contributed by atoms with van der Waals surface area (Å²) in [6, 6.07) is 0. The van der Waals surface area contributed by atoms with Gasteiger partial charge in [-0.3, -0.25) is 9.36 Å². The van der Waals surface area contributed by atoms with Crippen molar-refractivity contribution < 1.29 is 9.53 Å². The van der Waals surface area contributed by atoms with Gasteiger partial charge in [0.15, 0.2) is 5.16 Å². The number of hydrogen-bond donors (Lipinski definition) is 1. The highest BCUT2D eigenvalue weighted by atomic mass is 32.2. The Morgan fingerprint density at radius 3 is 2.61 bits per heavy atom. The highest BCUT2D eigenvalue weighted by molar-refractivity contribution is 8.00. The number of morpholine rings is 1. The van der Waals surface area contributed by atoms with Crippen LogP contribution in [0.2, 0.25) is 0 Å². The molecule has 1 aromatic rings. The van der Waals surface area contributed by atoms with Gasteiger partial charge in [0.2, 0.25) is 11.9 Å². The van der Waals surface area contributed by atoms with E-state index in [4.69, 9.17) is 4.74 Å². The van der Waals surface area contributed by atoms with E-state index in [0.29, 0.717) is 25.7 Å². The van der Waals surface area contributed by atoms with E-state index in [-0.39, 0.29) is 11.2 Å². The predicted molar refractivity (Wildman–Crippen MR) is 91.9 cm³/mol. The zero-order valence-electron chi connectivity index (χ0n) is 14.4. The molecule has 1 aliphatic heterocycles. The Bertz CT molecular complexity index is 514. The minimum atomic E-state index is -0.194. The van der Waals surface area contributed by atoms with Crippen LogP contribution in [0.1, 0.15) is 27.7 Å². The number of amides is 1. The predicted octanol–water partition coefficient (Wildman–Crippen LogP) is 1.39. The van der Waals surface area contributed by atoms with Crippen LogP contribution in [0, 0.1) is 5.92 Å². The van der Waals surface area contributed by atoms with Crippen molar-refractivity contribution >= 4 is 23.6 Å². The van der Waals surface area contributed by atoms with Gasteiger partial charge in [-0.1, -0.05) is 25.6 Å². The van der Waals surface area contributed by atoms with Crippen molar-refractivity contribution in [2.75, 3.05) is 37.7 Å². The molecule has 0 bridgehead atoms. The lowest BCUT2D eigenvalue weighted by Gasteiger charge is -2.27. The van der Waals surface area contributed by atoms with E-state index in [1.54, 1.807) is 0 Å². The number of anilines is 1. The summed E-state index contributed by atoms with van der Waals surface area (Å²) in [5.41, 5.74) is 0. The molecule has 0 aromatic carbocycles. The maximum Gasteiger partial charge on any atom is 0.233 e. The average Bonchev–Trinajstić information content (AvgIpc) is 2.95. The first-order valence-corrected chi connectivity index (χ1v) is 9.11. The largest absolute Gasteiger partial charge is 0.378 e. The minimum Gasteiger partial charge on any atom is -0.378 e. The normalized spacial score (nSPS) is 16.7. The Labute approximate surface area is 142 Å². The van der Waals surface area contributed by atoms with Crippen molar-refractivity contribution in [1.82, 2.24) is 20.1 Å². The second kappa shape index (κ2) is 8.54. The number of carbonyl (C=O) groups is 1. The van der Waals surface area contributed by atoms with Crippen LogP contribution in [-0.2, 0) is 16.1 Å². The van der Waals surface area contributed by atoms with Gasteiger partial charge in [0, 0.05) is 26.2 Å². The number of ether oxygens (including phenoxy) is 1. The van der Waals surface area contributed by atoms with Crippen LogP contribution in [0.4, 0.5) is 5.95 Å². The molecule has 1 fully saturated rings. The van der Waals surface area contributed by atoms with Crippen molar-refractivity contribution in [2.45, 2.75) is 44.6 Å². The number of nitrogens with one attached hydrogen (secondary N) is 1. The zero-order valence-corrected chi connectivity index (χ0v) is 15.2. The van der Waals surface area contributed by atoms with Crippen LogP contribution in [0.25, 0.3) is 0 Å². The van der Waals surface area contributed by atoms with Crippen molar-refractivity contribution in [1.29, 1.82) is 0 Å². The van der Waals surface area contributed by atoms with Gasteiger partial charge in [-0.2, -0.15) is 0 Å². The van der Waals surface area contributed by atoms with Gasteiger partial charge in [-0.25, -0.2) is 0 Å². The lowest BCUT2D eigenvalue weighted by Crippen LogP contribution is -2.38. The van der Waals surface area contributed by atoms with Crippen molar-refractivity contribution in [3.8, 4) is 0 Å². The highest BCUT2D eigenvalue weighted by Gasteiger charge is 2.23. The first kappa shape index (κ1) is 18.1. The van der Waals surface area contributed by atoms with E-state index < -0.39 is 0 Å². The molecule has 0 radical (unpaired) electrons. The van der Waals surface area contributed by atoms with Crippen LogP contribution < -0.4 is 10.2 Å². The zero-order chi connectivity index (χ0) is 16.8. The maximum absolute atomic E-state index is 12.1. The van der Waals surface area contributed by atoms with Crippen LogP contribution in [-0.4, -0.2) is 58.8 Å². The Morgan fingerprint density at radius 2 is 2.00 bits per heavy atom. The SMILES string of the molecule is CCn1c(S[C@H](C)C(=O)NCC(C)C)nnc1N1CCOCC1. The molecule has 1 saturated heterocycles. The van der Waals surface area contributed by atoms with Crippen LogP contribution in [0.15, 0.2) is 5.16 Å². The summed E-state index contributed by atoms with van der Waals surface area (Å²) < 4.78 is 7.46. The molecule has 0 aliphatic carbocycles. The van der Waals surface area contributed by atoms with Gasteiger partial charge in [0.25, 0.3) is 0 Å². The first-order valence-electron chi connectivity index (χ1n) is 8.23. The maximum atomic E-state index is 12.1. The third-order valence-corrected chi connectivity index (χ3v) is 4.72. The fourth-order valence-corrected chi connectivity index (χ4v) is 3.23.